The summed E-state index contributed by atoms with van der Waals surface area (Å²) < 4.78 is 10.8. The Morgan fingerprint density at radius 1 is 1.22 bits per heavy atom. The van der Waals surface area contributed by atoms with Crippen LogP contribution in [0.5, 0.6) is 11.5 Å². The van der Waals surface area contributed by atoms with E-state index >= 15 is 0 Å². The summed E-state index contributed by atoms with van der Waals surface area (Å²) >= 11 is 0. The highest BCUT2D eigenvalue weighted by molar-refractivity contribution is 14.0. The Morgan fingerprint density at radius 3 is 2.61 bits per heavy atom. The Kier molecular flexibility index (Phi) is 9.82. The van der Waals surface area contributed by atoms with Crippen molar-refractivity contribution >= 4 is 29.9 Å². The van der Waals surface area contributed by atoms with Crippen LogP contribution < -0.4 is 20.5 Å². The molecule has 0 heterocycles. The summed E-state index contributed by atoms with van der Waals surface area (Å²) in [6, 6.07) is 8.03. The van der Waals surface area contributed by atoms with Crippen LogP contribution >= 0.6 is 24.0 Å². The lowest BCUT2D eigenvalue weighted by atomic mass is 10.1. The van der Waals surface area contributed by atoms with Gasteiger partial charge in [-0.1, -0.05) is 31.7 Å². The molecule has 1 aliphatic rings. The molecule has 0 aliphatic heterocycles. The predicted octanol–water partition coefficient (Wildman–Crippen LogP) is 3.32. The van der Waals surface area contributed by atoms with Gasteiger partial charge < -0.3 is 20.5 Å². The van der Waals surface area contributed by atoms with Gasteiger partial charge in [0.25, 0.3) is 0 Å². The number of rotatable bonds is 6. The first kappa shape index (κ1) is 19.9. The van der Waals surface area contributed by atoms with E-state index in [4.69, 9.17) is 15.2 Å². The molecule has 23 heavy (non-hydrogen) atoms. The van der Waals surface area contributed by atoms with Gasteiger partial charge in [-0.05, 0) is 25.0 Å². The van der Waals surface area contributed by atoms with Crippen molar-refractivity contribution in [1.29, 1.82) is 0 Å². The minimum atomic E-state index is 0. The van der Waals surface area contributed by atoms with Crippen LogP contribution in [0.3, 0.4) is 0 Å². The highest BCUT2D eigenvalue weighted by Crippen LogP contribution is 2.18. The number of aliphatic imine (C=N–C) groups is 1. The molecule has 1 aromatic rings. The van der Waals surface area contributed by atoms with Crippen molar-refractivity contribution in [3.8, 4) is 11.5 Å². The van der Waals surface area contributed by atoms with E-state index in [1.165, 1.54) is 38.5 Å². The standard InChI is InChI=1S/C17H27N3O2.HI/c1-21-15-9-6-10-16(13-15)22-12-11-19-17(18)20-14-7-4-2-3-5-8-14;/h6,9-10,13-14H,2-5,7-8,11-12H2,1H3,(H3,18,19,20);1H. The lowest BCUT2D eigenvalue weighted by molar-refractivity contribution is 0.325. The zero-order valence-electron chi connectivity index (χ0n) is 13.8. The van der Waals surface area contributed by atoms with Crippen molar-refractivity contribution in [2.24, 2.45) is 10.7 Å². The van der Waals surface area contributed by atoms with Crippen LogP contribution in [0, 0.1) is 0 Å². The van der Waals surface area contributed by atoms with Crippen LogP contribution in [0.2, 0.25) is 0 Å². The van der Waals surface area contributed by atoms with Crippen molar-refractivity contribution in [1.82, 2.24) is 5.32 Å². The quantitative estimate of drug-likeness (QED) is 0.238. The van der Waals surface area contributed by atoms with E-state index in [1.54, 1.807) is 7.11 Å². The van der Waals surface area contributed by atoms with Crippen molar-refractivity contribution in [2.75, 3.05) is 20.3 Å². The van der Waals surface area contributed by atoms with Gasteiger partial charge in [-0.2, -0.15) is 0 Å². The van der Waals surface area contributed by atoms with Crippen LogP contribution in [0.25, 0.3) is 0 Å². The van der Waals surface area contributed by atoms with E-state index in [2.05, 4.69) is 10.3 Å². The topological polar surface area (TPSA) is 68.9 Å². The molecule has 130 valence electrons. The van der Waals surface area contributed by atoms with Crippen LogP contribution in [0.1, 0.15) is 38.5 Å². The molecule has 1 saturated carbocycles. The number of hydrogen-bond donors (Lipinski definition) is 2. The van der Waals surface area contributed by atoms with E-state index in [9.17, 15) is 0 Å². The van der Waals surface area contributed by atoms with Crippen LogP contribution in [0.4, 0.5) is 0 Å². The van der Waals surface area contributed by atoms with E-state index < -0.39 is 0 Å². The normalized spacial score (nSPS) is 16.1. The van der Waals surface area contributed by atoms with E-state index in [1.807, 2.05) is 24.3 Å². The average Bonchev–Trinajstić information content (AvgIpc) is 2.80. The summed E-state index contributed by atoms with van der Waals surface area (Å²) in [5, 5.41) is 3.33. The zero-order chi connectivity index (χ0) is 15.6. The second-order valence-corrected chi connectivity index (χ2v) is 5.63. The first-order valence-electron chi connectivity index (χ1n) is 8.11. The smallest absolute Gasteiger partial charge is 0.188 e. The Hall–Kier alpha value is -1.18. The molecular formula is C17H28IN3O2. The molecule has 0 saturated heterocycles. The molecule has 0 radical (unpaired) electrons. The van der Waals surface area contributed by atoms with Crippen LogP contribution in [0.15, 0.2) is 29.3 Å². The van der Waals surface area contributed by atoms with Crippen molar-refractivity contribution < 1.29 is 9.47 Å². The van der Waals surface area contributed by atoms with E-state index in [0.29, 0.717) is 25.2 Å². The highest BCUT2D eigenvalue weighted by atomic mass is 127. The van der Waals surface area contributed by atoms with Crippen LogP contribution in [-0.4, -0.2) is 32.3 Å². The molecule has 5 nitrogen and oxygen atoms in total. The van der Waals surface area contributed by atoms with E-state index in [-0.39, 0.29) is 24.0 Å². The number of halogens is 1. The maximum Gasteiger partial charge on any atom is 0.188 e. The predicted molar refractivity (Wildman–Crippen MR) is 105 cm³/mol. The third-order valence-corrected chi connectivity index (χ3v) is 3.89. The van der Waals surface area contributed by atoms with E-state index in [0.717, 1.165) is 11.5 Å². The Labute approximate surface area is 156 Å². The summed E-state index contributed by atoms with van der Waals surface area (Å²) in [6.45, 7) is 1.04. The number of ether oxygens (including phenoxy) is 2. The van der Waals surface area contributed by atoms with Crippen LogP contribution in [-0.2, 0) is 0 Å². The molecule has 2 rings (SSSR count). The minimum Gasteiger partial charge on any atom is -0.497 e. The maximum atomic E-state index is 5.94. The number of nitrogens with one attached hydrogen (secondary N) is 1. The first-order valence-corrected chi connectivity index (χ1v) is 8.11. The summed E-state index contributed by atoms with van der Waals surface area (Å²) in [6.07, 6.45) is 7.62. The number of hydrogen-bond acceptors (Lipinski definition) is 3. The van der Waals surface area contributed by atoms with Gasteiger partial charge in [0, 0.05) is 12.1 Å². The summed E-state index contributed by atoms with van der Waals surface area (Å²) in [5.41, 5.74) is 5.94. The SMILES string of the molecule is COc1cccc(OCCN=C(N)NC2CCCCCC2)c1.I. The molecule has 0 unspecified atom stereocenters. The molecule has 1 aromatic carbocycles. The summed E-state index contributed by atoms with van der Waals surface area (Å²) in [5.74, 6) is 2.10. The third kappa shape index (κ3) is 7.76. The molecular weight excluding hydrogens is 405 g/mol. The lowest BCUT2D eigenvalue weighted by Crippen LogP contribution is -2.40. The third-order valence-electron chi connectivity index (χ3n) is 3.89. The largest absolute Gasteiger partial charge is 0.497 e. The molecule has 0 bridgehead atoms. The monoisotopic (exact) mass is 433 g/mol. The van der Waals surface area contributed by atoms with Gasteiger partial charge in [-0.15, -0.1) is 24.0 Å². The Bertz CT molecular complexity index is 475. The summed E-state index contributed by atoms with van der Waals surface area (Å²) in [7, 11) is 1.64. The summed E-state index contributed by atoms with van der Waals surface area (Å²) in [4.78, 5) is 4.33. The average molecular weight is 433 g/mol. The molecule has 3 N–H and O–H groups in total. The highest BCUT2D eigenvalue weighted by Gasteiger charge is 2.12. The van der Waals surface area contributed by atoms with Gasteiger partial charge in [-0.25, -0.2) is 4.99 Å². The van der Waals surface area contributed by atoms with Crippen molar-refractivity contribution in [3.05, 3.63) is 24.3 Å². The van der Waals surface area contributed by atoms with Crippen molar-refractivity contribution in [3.63, 3.8) is 0 Å². The fourth-order valence-corrected chi connectivity index (χ4v) is 2.70. The van der Waals surface area contributed by atoms with Crippen molar-refractivity contribution in [2.45, 2.75) is 44.6 Å². The molecule has 1 aliphatic carbocycles. The lowest BCUT2D eigenvalue weighted by Gasteiger charge is -2.16. The fraction of sp³-hybridized carbons (Fsp3) is 0.588. The second kappa shape index (κ2) is 11.4. The van der Waals surface area contributed by atoms with Gasteiger partial charge >= 0.3 is 0 Å². The fourth-order valence-electron chi connectivity index (χ4n) is 2.70. The van der Waals surface area contributed by atoms with Gasteiger partial charge in [0.1, 0.15) is 18.1 Å². The number of benzene rings is 1. The first-order chi connectivity index (χ1) is 10.8. The molecule has 6 heteroatoms. The second-order valence-electron chi connectivity index (χ2n) is 5.63. The number of guanidine groups is 1. The molecule has 0 atom stereocenters. The number of nitrogens with two attached hydrogens (primary N) is 1. The zero-order valence-corrected chi connectivity index (χ0v) is 16.1. The maximum absolute atomic E-state index is 5.94. The molecule has 1 fully saturated rings. The molecule has 0 spiro atoms. The Morgan fingerprint density at radius 2 is 1.91 bits per heavy atom. The number of nitrogens with zero attached hydrogens (tertiary/aromatic N) is 1. The van der Waals surface area contributed by atoms with Gasteiger partial charge in [0.2, 0.25) is 0 Å². The molecule has 0 amide bonds. The molecule has 0 aromatic heterocycles. The number of methoxy groups -OCH3 is 1. The minimum absolute atomic E-state index is 0. The Balaban J connectivity index is 0.00000264. The van der Waals surface area contributed by atoms with Gasteiger partial charge in [0.15, 0.2) is 5.96 Å². The van der Waals surface area contributed by atoms with Gasteiger partial charge in [-0.3, -0.25) is 0 Å². The van der Waals surface area contributed by atoms with Gasteiger partial charge in [0.05, 0.1) is 13.7 Å².